The van der Waals surface area contributed by atoms with Crippen LogP contribution < -0.4 is 5.32 Å². The van der Waals surface area contributed by atoms with Crippen LogP contribution in [0.4, 0.5) is 0 Å². The van der Waals surface area contributed by atoms with Crippen molar-refractivity contribution < 1.29 is 9.90 Å². The van der Waals surface area contributed by atoms with Crippen LogP contribution in [-0.4, -0.2) is 23.2 Å². The van der Waals surface area contributed by atoms with E-state index in [2.05, 4.69) is 12.2 Å². The molecule has 88 valence electrons. The maximum atomic E-state index is 10.8. The highest BCUT2D eigenvalue weighted by molar-refractivity contribution is 5.72. The van der Waals surface area contributed by atoms with E-state index in [9.17, 15) is 4.79 Å². The Labute approximate surface area is 92.3 Å². The van der Waals surface area contributed by atoms with Crippen molar-refractivity contribution in [2.24, 2.45) is 5.92 Å². The Morgan fingerprint density at radius 2 is 2.07 bits per heavy atom. The van der Waals surface area contributed by atoms with Gasteiger partial charge in [-0.1, -0.05) is 26.2 Å². The average Bonchev–Trinajstić information content (AvgIpc) is 2.69. The Hall–Kier alpha value is -0.570. The molecule has 3 nitrogen and oxygen atoms in total. The van der Waals surface area contributed by atoms with Gasteiger partial charge in [0.15, 0.2) is 0 Å². The molecule has 0 bridgehead atoms. The Kier molecular flexibility index (Phi) is 5.09. The first-order chi connectivity index (χ1) is 7.15. The lowest BCUT2D eigenvalue weighted by atomic mass is 9.93. The molecule has 0 heterocycles. The molecule has 1 aliphatic carbocycles. The van der Waals surface area contributed by atoms with Crippen LogP contribution in [0.5, 0.6) is 0 Å². The van der Waals surface area contributed by atoms with Crippen molar-refractivity contribution >= 4 is 5.97 Å². The van der Waals surface area contributed by atoms with Crippen molar-refractivity contribution in [1.29, 1.82) is 0 Å². The largest absolute Gasteiger partial charge is 0.480 e. The molecule has 2 N–H and O–H groups in total. The number of carboxylic acid groups (broad SMARTS) is 1. The van der Waals surface area contributed by atoms with E-state index >= 15 is 0 Å². The first-order valence-corrected chi connectivity index (χ1v) is 6.14. The van der Waals surface area contributed by atoms with Crippen molar-refractivity contribution in [2.75, 3.05) is 0 Å². The third-order valence-corrected chi connectivity index (χ3v) is 3.40. The lowest BCUT2D eigenvalue weighted by Crippen LogP contribution is -2.44. The molecule has 2 atom stereocenters. The molecule has 3 heteroatoms. The molecule has 15 heavy (non-hydrogen) atoms. The van der Waals surface area contributed by atoms with Crippen molar-refractivity contribution in [3.63, 3.8) is 0 Å². The summed E-state index contributed by atoms with van der Waals surface area (Å²) in [6.07, 6.45) is 7.39. The van der Waals surface area contributed by atoms with Crippen molar-refractivity contribution in [2.45, 2.75) is 64.5 Å². The van der Waals surface area contributed by atoms with Crippen molar-refractivity contribution in [3.05, 3.63) is 0 Å². The number of rotatable bonds is 6. The highest BCUT2D eigenvalue weighted by Crippen LogP contribution is 2.29. The smallest absolute Gasteiger partial charge is 0.320 e. The predicted octanol–water partition coefficient (Wildman–Crippen LogP) is 2.41. The monoisotopic (exact) mass is 213 g/mol. The summed E-state index contributed by atoms with van der Waals surface area (Å²) < 4.78 is 0. The molecule has 0 aromatic rings. The molecule has 0 saturated heterocycles. The van der Waals surface area contributed by atoms with Gasteiger partial charge in [-0.05, 0) is 32.1 Å². The van der Waals surface area contributed by atoms with Gasteiger partial charge >= 0.3 is 5.97 Å². The molecule has 0 spiro atoms. The van der Waals surface area contributed by atoms with Crippen LogP contribution in [0.2, 0.25) is 0 Å². The number of aliphatic carboxylic acids is 1. The molecule has 1 fully saturated rings. The van der Waals surface area contributed by atoms with Crippen LogP contribution in [0.1, 0.15) is 52.4 Å². The van der Waals surface area contributed by atoms with Gasteiger partial charge in [-0.3, -0.25) is 4.79 Å². The van der Waals surface area contributed by atoms with Crippen LogP contribution >= 0.6 is 0 Å². The Morgan fingerprint density at radius 3 is 2.53 bits per heavy atom. The van der Waals surface area contributed by atoms with Gasteiger partial charge in [-0.2, -0.15) is 0 Å². The van der Waals surface area contributed by atoms with E-state index in [1.165, 1.54) is 25.7 Å². The van der Waals surface area contributed by atoms with Crippen LogP contribution in [-0.2, 0) is 4.79 Å². The predicted molar refractivity (Wildman–Crippen MR) is 60.9 cm³/mol. The zero-order valence-electron chi connectivity index (χ0n) is 9.83. The summed E-state index contributed by atoms with van der Waals surface area (Å²) in [5.74, 6) is -0.0409. The minimum Gasteiger partial charge on any atom is -0.480 e. The second-order valence-electron chi connectivity index (χ2n) is 4.67. The van der Waals surface area contributed by atoms with Gasteiger partial charge in [-0.15, -0.1) is 0 Å². The standard InChI is InChI=1S/C12H23NO2/c1-3-6-11(10-7-4-5-8-10)13-9(2)12(14)15/h9-11,13H,3-8H2,1-2H3,(H,14,15)/t9-,11?/m0/s1. The Morgan fingerprint density at radius 1 is 1.47 bits per heavy atom. The molecule has 0 aromatic carbocycles. The Balaban J connectivity index is 2.45. The highest BCUT2D eigenvalue weighted by atomic mass is 16.4. The van der Waals surface area contributed by atoms with Crippen molar-refractivity contribution in [3.8, 4) is 0 Å². The molecular weight excluding hydrogens is 190 g/mol. The van der Waals surface area contributed by atoms with Gasteiger partial charge in [0, 0.05) is 6.04 Å². The number of hydrogen-bond acceptors (Lipinski definition) is 2. The van der Waals surface area contributed by atoms with Crippen molar-refractivity contribution in [1.82, 2.24) is 5.32 Å². The minimum atomic E-state index is -0.742. The first-order valence-electron chi connectivity index (χ1n) is 6.14. The highest BCUT2D eigenvalue weighted by Gasteiger charge is 2.26. The molecule has 0 amide bonds. The normalized spacial score (nSPS) is 21.5. The lowest BCUT2D eigenvalue weighted by molar-refractivity contribution is -0.139. The summed E-state index contributed by atoms with van der Waals surface area (Å²) in [7, 11) is 0. The molecular formula is C12H23NO2. The third kappa shape index (κ3) is 3.82. The molecule has 1 unspecified atom stereocenters. The maximum absolute atomic E-state index is 10.8. The quantitative estimate of drug-likeness (QED) is 0.712. The van der Waals surface area contributed by atoms with E-state index in [-0.39, 0.29) is 0 Å². The topological polar surface area (TPSA) is 49.3 Å². The van der Waals surface area contributed by atoms with Gasteiger partial charge in [0.1, 0.15) is 6.04 Å². The zero-order valence-corrected chi connectivity index (χ0v) is 9.83. The zero-order chi connectivity index (χ0) is 11.3. The first kappa shape index (κ1) is 12.5. The van der Waals surface area contributed by atoms with Gasteiger partial charge in [0.2, 0.25) is 0 Å². The number of nitrogens with one attached hydrogen (secondary N) is 1. The molecule has 0 aliphatic heterocycles. The average molecular weight is 213 g/mol. The summed E-state index contributed by atoms with van der Waals surface area (Å²) in [5, 5.41) is 12.1. The molecule has 1 saturated carbocycles. The molecule has 0 radical (unpaired) electrons. The fourth-order valence-corrected chi connectivity index (χ4v) is 2.52. The van der Waals surface area contributed by atoms with Crippen LogP contribution in [0.25, 0.3) is 0 Å². The van der Waals surface area contributed by atoms with E-state index in [4.69, 9.17) is 5.11 Å². The summed E-state index contributed by atoms with van der Waals surface area (Å²) >= 11 is 0. The summed E-state index contributed by atoms with van der Waals surface area (Å²) in [6.45, 7) is 3.90. The Bertz CT molecular complexity index is 200. The van der Waals surface area contributed by atoms with Gasteiger partial charge in [0.05, 0.1) is 0 Å². The van der Waals surface area contributed by atoms with Gasteiger partial charge in [-0.25, -0.2) is 0 Å². The number of carboxylic acids is 1. The van der Waals surface area contributed by atoms with Gasteiger partial charge in [0.25, 0.3) is 0 Å². The van der Waals surface area contributed by atoms with E-state index in [0.29, 0.717) is 12.0 Å². The molecule has 1 rings (SSSR count). The van der Waals surface area contributed by atoms with Crippen LogP contribution in [0.3, 0.4) is 0 Å². The second-order valence-corrected chi connectivity index (χ2v) is 4.67. The fraction of sp³-hybridized carbons (Fsp3) is 0.917. The van der Waals surface area contributed by atoms with E-state index < -0.39 is 12.0 Å². The molecule has 1 aliphatic rings. The van der Waals surface area contributed by atoms with Crippen LogP contribution in [0.15, 0.2) is 0 Å². The summed E-state index contributed by atoms with van der Waals surface area (Å²) in [4.78, 5) is 10.8. The number of hydrogen-bond donors (Lipinski definition) is 2. The van der Waals surface area contributed by atoms with E-state index in [0.717, 1.165) is 12.8 Å². The van der Waals surface area contributed by atoms with E-state index in [1.807, 2.05) is 0 Å². The van der Waals surface area contributed by atoms with Gasteiger partial charge < -0.3 is 10.4 Å². The summed E-state index contributed by atoms with van der Waals surface area (Å²) in [6, 6.07) is -0.00856. The maximum Gasteiger partial charge on any atom is 0.320 e. The second kappa shape index (κ2) is 6.11. The minimum absolute atomic E-state index is 0.406. The third-order valence-electron chi connectivity index (χ3n) is 3.40. The summed E-state index contributed by atoms with van der Waals surface area (Å²) in [5.41, 5.74) is 0. The molecule has 0 aromatic heterocycles. The van der Waals surface area contributed by atoms with E-state index in [1.54, 1.807) is 6.92 Å². The SMILES string of the molecule is CCCC(N[C@@H](C)C(=O)O)C1CCCC1. The fourth-order valence-electron chi connectivity index (χ4n) is 2.52. The lowest BCUT2D eigenvalue weighted by Gasteiger charge is -2.26. The number of carbonyl (C=O) groups is 1. The van der Waals surface area contributed by atoms with Crippen LogP contribution in [0, 0.1) is 5.92 Å².